The van der Waals surface area contributed by atoms with E-state index in [1.54, 1.807) is 26.0 Å². The highest BCUT2D eigenvalue weighted by molar-refractivity contribution is 6.13. The highest BCUT2D eigenvalue weighted by Crippen LogP contribution is 2.36. The quantitative estimate of drug-likeness (QED) is 0.692. The average Bonchev–Trinajstić information content (AvgIpc) is 2.77. The predicted octanol–water partition coefficient (Wildman–Crippen LogP) is 2.65. The molecular formula is C15H12O6. The third-order valence-electron chi connectivity index (χ3n) is 3.35. The molecule has 0 amide bonds. The first-order chi connectivity index (χ1) is 9.93. The first-order valence-electron chi connectivity index (χ1n) is 6.22. The summed E-state index contributed by atoms with van der Waals surface area (Å²) in [5.74, 6) is -0.567. The number of carbonyl (C=O) groups excluding carboxylic acids is 1. The van der Waals surface area contributed by atoms with Crippen molar-refractivity contribution in [2.75, 3.05) is 7.11 Å². The largest absolute Gasteiger partial charge is 0.507 e. The number of benzene rings is 1. The zero-order chi connectivity index (χ0) is 15.3. The topological polar surface area (TPSA) is 89.9 Å². The van der Waals surface area contributed by atoms with Crippen LogP contribution in [0.1, 0.15) is 21.7 Å². The first kappa shape index (κ1) is 13.2. The van der Waals surface area contributed by atoms with Gasteiger partial charge in [0.25, 0.3) is 0 Å². The molecule has 3 rings (SSSR count). The zero-order valence-electron chi connectivity index (χ0n) is 11.6. The number of ether oxygens (including phenoxy) is 1. The van der Waals surface area contributed by atoms with Gasteiger partial charge in [0, 0.05) is 11.5 Å². The average molecular weight is 288 g/mol. The molecule has 2 aromatic heterocycles. The number of phenolic OH excluding ortho intramolecular Hbond substituents is 1. The Morgan fingerprint density at radius 2 is 1.95 bits per heavy atom. The van der Waals surface area contributed by atoms with Gasteiger partial charge >= 0.3 is 11.6 Å². The number of furan rings is 1. The molecule has 3 aromatic rings. The number of aromatic hydroxyl groups is 1. The van der Waals surface area contributed by atoms with E-state index in [1.807, 2.05) is 0 Å². The van der Waals surface area contributed by atoms with Crippen LogP contribution in [0.4, 0.5) is 0 Å². The molecule has 108 valence electrons. The van der Waals surface area contributed by atoms with Crippen molar-refractivity contribution in [1.82, 2.24) is 0 Å². The Hall–Kier alpha value is -2.76. The molecule has 0 saturated carbocycles. The maximum absolute atomic E-state index is 12.0. The van der Waals surface area contributed by atoms with Gasteiger partial charge in [-0.15, -0.1) is 0 Å². The zero-order valence-corrected chi connectivity index (χ0v) is 11.6. The molecule has 0 aliphatic carbocycles. The van der Waals surface area contributed by atoms with E-state index >= 15 is 0 Å². The van der Waals surface area contributed by atoms with Crippen molar-refractivity contribution in [3.63, 3.8) is 0 Å². The Kier molecular flexibility index (Phi) is 2.76. The molecule has 0 spiro atoms. The van der Waals surface area contributed by atoms with Crippen LogP contribution in [0, 0.1) is 13.8 Å². The number of esters is 1. The minimum atomic E-state index is -0.735. The van der Waals surface area contributed by atoms with Gasteiger partial charge in [0.15, 0.2) is 5.58 Å². The second-order valence-electron chi connectivity index (χ2n) is 4.77. The standard InChI is InChI=1S/C15H12O6/c1-6-4-8-10-9(5-7(2)20-15(10)18)21-13(8)11(12(6)16)14(17)19-3/h4-5,16H,1-3H3. The van der Waals surface area contributed by atoms with E-state index in [9.17, 15) is 14.7 Å². The fourth-order valence-electron chi connectivity index (χ4n) is 2.39. The summed E-state index contributed by atoms with van der Waals surface area (Å²) in [4.78, 5) is 23.9. The molecule has 1 N–H and O–H groups in total. The van der Waals surface area contributed by atoms with Crippen LogP contribution in [0.5, 0.6) is 5.75 Å². The molecule has 0 aliphatic rings. The summed E-state index contributed by atoms with van der Waals surface area (Å²) in [6, 6.07) is 3.14. The van der Waals surface area contributed by atoms with Crippen molar-refractivity contribution in [2.24, 2.45) is 0 Å². The van der Waals surface area contributed by atoms with Crippen LogP contribution in [0.25, 0.3) is 21.9 Å². The fourth-order valence-corrected chi connectivity index (χ4v) is 2.39. The maximum Gasteiger partial charge on any atom is 0.347 e. The number of phenols is 1. The molecule has 0 fully saturated rings. The molecule has 2 heterocycles. The van der Waals surface area contributed by atoms with Crippen LogP contribution in [0.3, 0.4) is 0 Å². The van der Waals surface area contributed by atoms with Crippen molar-refractivity contribution < 1.29 is 23.5 Å². The van der Waals surface area contributed by atoms with Crippen LogP contribution in [-0.4, -0.2) is 18.2 Å². The second-order valence-corrected chi connectivity index (χ2v) is 4.77. The van der Waals surface area contributed by atoms with Crippen molar-refractivity contribution in [2.45, 2.75) is 13.8 Å². The minimum absolute atomic E-state index is 0.0965. The number of aryl methyl sites for hydroxylation is 2. The van der Waals surface area contributed by atoms with E-state index in [1.165, 1.54) is 7.11 Å². The highest BCUT2D eigenvalue weighted by atomic mass is 16.5. The van der Waals surface area contributed by atoms with Gasteiger partial charge in [-0.25, -0.2) is 9.59 Å². The third kappa shape index (κ3) is 1.79. The van der Waals surface area contributed by atoms with E-state index in [2.05, 4.69) is 4.74 Å². The molecule has 0 aliphatic heterocycles. The second kappa shape index (κ2) is 4.37. The molecule has 6 nitrogen and oxygen atoms in total. The maximum atomic E-state index is 12.0. The Morgan fingerprint density at radius 3 is 2.62 bits per heavy atom. The van der Waals surface area contributed by atoms with Crippen molar-refractivity contribution in [1.29, 1.82) is 0 Å². The number of fused-ring (bicyclic) bond motifs is 3. The Labute approximate surface area is 118 Å². The van der Waals surface area contributed by atoms with Crippen LogP contribution in [0.2, 0.25) is 0 Å². The molecule has 21 heavy (non-hydrogen) atoms. The van der Waals surface area contributed by atoms with E-state index in [-0.39, 0.29) is 22.3 Å². The smallest absolute Gasteiger partial charge is 0.347 e. The summed E-state index contributed by atoms with van der Waals surface area (Å²) in [6.07, 6.45) is 0. The van der Waals surface area contributed by atoms with Gasteiger partial charge in [-0.3, -0.25) is 0 Å². The lowest BCUT2D eigenvalue weighted by Crippen LogP contribution is -2.03. The van der Waals surface area contributed by atoms with Gasteiger partial charge < -0.3 is 18.7 Å². The lowest BCUT2D eigenvalue weighted by Gasteiger charge is -2.05. The minimum Gasteiger partial charge on any atom is -0.507 e. The summed E-state index contributed by atoms with van der Waals surface area (Å²) in [5.41, 5.74) is 0.197. The molecule has 1 aromatic carbocycles. The van der Waals surface area contributed by atoms with Crippen molar-refractivity contribution in [3.05, 3.63) is 39.4 Å². The van der Waals surface area contributed by atoms with Crippen molar-refractivity contribution in [3.8, 4) is 5.75 Å². The molecule has 0 saturated heterocycles. The number of rotatable bonds is 1. The summed E-state index contributed by atoms with van der Waals surface area (Å²) < 4.78 is 15.3. The molecule has 6 heteroatoms. The molecule has 0 unspecified atom stereocenters. The summed E-state index contributed by atoms with van der Waals surface area (Å²) in [6.45, 7) is 3.24. The van der Waals surface area contributed by atoms with E-state index in [0.29, 0.717) is 22.3 Å². The van der Waals surface area contributed by atoms with Crippen molar-refractivity contribution >= 4 is 27.9 Å². The SMILES string of the molecule is COC(=O)c1c(O)c(C)cc2c1oc1cc(C)oc(=O)c12. The third-order valence-corrected chi connectivity index (χ3v) is 3.35. The van der Waals surface area contributed by atoms with E-state index in [4.69, 9.17) is 8.83 Å². The molecule has 0 bridgehead atoms. The van der Waals surface area contributed by atoms with Crippen LogP contribution in [0.15, 0.2) is 25.8 Å². The number of hydrogen-bond donors (Lipinski definition) is 1. The summed E-state index contributed by atoms with van der Waals surface area (Å²) in [5, 5.41) is 10.7. The Bertz CT molecular complexity index is 944. The van der Waals surface area contributed by atoms with Gasteiger partial charge in [0.2, 0.25) is 0 Å². The molecular weight excluding hydrogens is 276 g/mol. The fraction of sp³-hybridized carbons (Fsp3) is 0.200. The summed E-state index contributed by atoms with van der Waals surface area (Å²) in [7, 11) is 1.21. The normalized spacial score (nSPS) is 11.2. The van der Waals surface area contributed by atoms with Gasteiger partial charge in [-0.1, -0.05) is 0 Å². The lowest BCUT2D eigenvalue weighted by atomic mass is 10.0. The van der Waals surface area contributed by atoms with Crippen LogP contribution >= 0.6 is 0 Å². The first-order valence-corrected chi connectivity index (χ1v) is 6.22. The Balaban J connectivity index is 2.59. The van der Waals surface area contributed by atoms with Gasteiger partial charge in [0.1, 0.15) is 28.0 Å². The number of hydrogen-bond acceptors (Lipinski definition) is 6. The van der Waals surface area contributed by atoms with Crippen LogP contribution in [-0.2, 0) is 4.74 Å². The summed E-state index contributed by atoms with van der Waals surface area (Å²) >= 11 is 0. The predicted molar refractivity (Wildman–Crippen MR) is 74.7 cm³/mol. The van der Waals surface area contributed by atoms with Crippen LogP contribution < -0.4 is 5.63 Å². The monoisotopic (exact) mass is 288 g/mol. The van der Waals surface area contributed by atoms with E-state index in [0.717, 1.165) is 0 Å². The van der Waals surface area contributed by atoms with Gasteiger partial charge in [-0.2, -0.15) is 0 Å². The number of methoxy groups -OCH3 is 1. The van der Waals surface area contributed by atoms with E-state index < -0.39 is 11.6 Å². The lowest BCUT2D eigenvalue weighted by molar-refractivity contribution is 0.0598. The van der Waals surface area contributed by atoms with Gasteiger partial charge in [0.05, 0.1) is 7.11 Å². The highest BCUT2D eigenvalue weighted by Gasteiger charge is 2.24. The molecule has 0 atom stereocenters. The Morgan fingerprint density at radius 1 is 1.24 bits per heavy atom. The van der Waals surface area contributed by atoms with Gasteiger partial charge in [-0.05, 0) is 25.5 Å². The molecule has 0 radical (unpaired) electrons. The number of carbonyl (C=O) groups is 1.